The molecule has 1 aliphatic rings. The van der Waals surface area contributed by atoms with E-state index in [9.17, 15) is 9.59 Å². The number of anilines is 2. The van der Waals surface area contributed by atoms with E-state index < -0.39 is 0 Å². The van der Waals surface area contributed by atoms with E-state index in [2.05, 4.69) is 10.6 Å². The summed E-state index contributed by atoms with van der Waals surface area (Å²) in [4.78, 5) is 24.5. The Morgan fingerprint density at radius 3 is 2.38 bits per heavy atom. The summed E-state index contributed by atoms with van der Waals surface area (Å²) in [7, 11) is 0. The van der Waals surface area contributed by atoms with E-state index in [1.165, 1.54) is 12.2 Å². The molecule has 2 rings (SSSR count). The molecule has 1 unspecified atom stereocenters. The second-order valence-electron chi connectivity index (χ2n) is 5.98. The van der Waals surface area contributed by atoms with Crippen LogP contribution in [0.25, 0.3) is 0 Å². The number of rotatable bonds is 6. The minimum atomic E-state index is -0.276. The average Bonchev–Trinajstić information content (AvgIpc) is 2.52. The van der Waals surface area contributed by atoms with Crippen molar-refractivity contribution in [3.8, 4) is 0 Å². The van der Waals surface area contributed by atoms with Gasteiger partial charge in [0.1, 0.15) is 0 Å². The lowest BCUT2D eigenvalue weighted by Crippen LogP contribution is -2.33. The molecule has 128 valence electrons. The van der Waals surface area contributed by atoms with E-state index in [0.29, 0.717) is 12.1 Å². The number of carbonyl (C=O) groups is 2. The minimum absolute atomic E-state index is 0.0159. The van der Waals surface area contributed by atoms with Gasteiger partial charge in [-0.15, -0.1) is 0 Å². The third kappa shape index (κ3) is 3.83. The maximum absolute atomic E-state index is 12.3. The molecule has 0 aliphatic heterocycles. The van der Waals surface area contributed by atoms with Crippen LogP contribution in [0.3, 0.4) is 0 Å². The van der Waals surface area contributed by atoms with Crippen LogP contribution in [0.1, 0.15) is 24.5 Å². The predicted molar refractivity (Wildman–Crippen MR) is 94.4 cm³/mol. The van der Waals surface area contributed by atoms with Crippen LogP contribution in [0, 0.1) is 13.8 Å². The lowest BCUT2D eigenvalue weighted by Gasteiger charge is -2.20. The van der Waals surface area contributed by atoms with Crippen molar-refractivity contribution in [3.05, 3.63) is 46.8 Å². The molecule has 0 fully saturated rings. The molecule has 1 aromatic carbocycles. The fourth-order valence-electron chi connectivity index (χ4n) is 2.42. The fraction of sp³-hybridized carbons (Fsp3) is 0.333. The molecule has 1 aliphatic carbocycles. The molecule has 0 bridgehead atoms. The Balaban J connectivity index is 2.16. The fourth-order valence-corrected chi connectivity index (χ4v) is 2.42. The number of hydrogen-bond acceptors (Lipinski definition) is 6. The van der Waals surface area contributed by atoms with E-state index in [-0.39, 0.29) is 35.6 Å². The van der Waals surface area contributed by atoms with Crippen molar-refractivity contribution in [3.63, 3.8) is 0 Å². The topological polar surface area (TPSA) is 104 Å². The molecule has 6 nitrogen and oxygen atoms in total. The third-order valence-electron chi connectivity index (χ3n) is 4.14. The highest BCUT2D eigenvalue weighted by molar-refractivity contribution is 6.20. The molecule has 0 spiro atoms. The molecule has 5 N–H and O–H groups in total. The van der Waals surface area contributed by atoms with Gasteiger partial charge in [-0.05, 0) is 50.5 Å². The molecule has 0 saturated heterocycles. The Bertz CT molecular complexity index is 735. The first kappa shape index (κ1) is 17.7. The summed E-state index contributed by atoms with van der Waals surface area (Å²) in [5.41, 5.74) is 9.63. The van der Waals surface area contributed by atoms with Gasteiger partial charge in [-0.3, -0.25) is 9.59 Å². The Hall–Kier alpha value is -2.60. The zero-order chi connectivity index (χ0) is 17.9. The maximum Gasteiger partial charge on any atom is 0.204 e. The minimum Gasteiger partial charge on any atom is -0.399 e. The standard InChI is InChI=1S/C18H23N3O3/c1-10(6-7-22)20-15-8-18(24)16(9-17(15)23)21-14-5-4-13(19)11(2)12(14)3/h4-5,8-10,20-22H,6-7,19H2,1-3H3. The predicted octanol–water partition coefficient (Wildman–Crippen LogP) is 1.58. The Labute approximate surface area is 141 Å². The molecule has 1 atom stereocenters. The van der Waals surface area contributed by atoms with Crippen molar-refractivity contribution in [1.29, 1.82) is 0 Å². The zero-order valence-electron chi connectivity index (χ0n) is 14.1. The molecule has 6 heteroatoms. The van der Waals surface area contributed by atoms with Crippen LogP contribution in [0.5, 0.6) is 0 Å². The molecular weight excluding hydrogens is 306 g/mol. The van der Waals surface area contributed by atoms with E-state index in [1.807, 2.05) is 20.8 Å². The first-order valence-corrected chi connectivity index (χ1v) is 7.85. The van der Waals surface area contributed by atoms with Crippen molar-refractivity contribution < 1.29 is 14.7 Å². The van der Waals surface area contributed by atoms with Gasteiger partial charge >= 0.3 is 0 Å². The van der Waals surface area contributed by atoms with Crippen LogP contribution in [0.2, 0.25) is 0 Å². The Kier molecular flexibility index (Phi) is 5.41. The molecule has 24 heavy (non-hydrogen) atoms. The third-order valence-corrected chi connectivity index (χ3v) is 4.14. The van der Waals surface area contributed by atoms with E-state index in [0.717, 1.165) is 16.8 Å². The van der Waals surface area contributed by atoms with E-state index in [1.54, 1.807) is 12.1 Å². The van der Waals surface area contributed by atoms with Gasteiger partial charge < -0.3 is 21.5 Å². The smallest absolute Gasteiger partial charge is 0.204 e. The molecule has 0 radical (unpaired) electrons. The molecule has 1 aromatic rings. The number of aliphatic hydroxyl groups is 1. The summed E-state index contributed by atoms with van der Waals surface area (Å²) in [6.45, 7) is 5.67. The van der Waals surface area contributed by atoms with Crippen molar-refractivity contribution in [2.75, 3.05) is 17.7 Å². The largest absolute Gasteiger partial charge is 0.399 e. The molecule has 0 aromatic heterocycles. The SMILES string of the molecule is Cc1c(N)ccc(NC2=CC(=O)C(NC(C)CCO)=CC2=O)c1C. The van der Waals surface area contributed by atoms with Crippen LogP contribution in [-0.4, -0.2) is 29.3 Å². The molecule has 0 saturated carbocycles. The summed E-state index contributed by atoms with van der Waals surface area (Å²) >= 11 is 0. The van der Waals surface area contributed by atoms with Crippen molar-refractivity contribution >= 4 is 22.9 Å². The number of hydrogen-bond donors (Lipinski definition) is 4. The lowest BCUT2D eigenvalue weighted by molar-refractivity contribution is -0.115. The number of nitrogens with two attached hydrogens (primary N) is 1. The first-order chi connectivity index (χ1) is 11.3. The van der Waals surface area contributed by atoms with Crippen molar-refractivity contribution in [1.82, 2.24) is 5.32 Å². The van der Waals surface area contributed by atoms with Gasteiger partial charge in [-0.1, -0.05) is 0 Å². The number of allylic oxidation sites excluding steroid dienone is 2. The van der Waals surface area contributed by atoms with Crippen LogP contribution < -0.4 is 16.4 Å². The summed E-state index contributed by atoms with van der Waals surface area (Å²) in [6, 6.07) is 3.46. The highest BCUT2D eigenvalue weighted by Crippen LogP contribution is 2.25. The monoisotopic (exact) mass is 329 g/mol. The molecular formula is C18H23N3O3. The van der Waals surface area contributed by atoms with Crippen LogP contribution in [0.4, 0.5) is 11.4 Å². The highest BCUT2D eigenvalue weighted by atomic mass is 16.3. The van der Waals surface area contributed by atoms with E-state index >= 15 is 0 Å². The number of ketones is 2. The van der Waals surface area contributed by atoms with E-state index in [4.69, 9.17) is 10.8 Å². The quantitative estimate of drug-likeness (QED) is 0.466. The van der Waals surface area contributed by atoms with Gasteiger partial charge in [0, 0.05) is 36.2 Å². The summed E-state index contributed by atoms with van der Waals surface area (Å²) < 4.78 is 0. The van der Waals surface area contributed by atoms with Gasteiger partial charge in [0.05, 0.1) is 11.4 Å². The number of nitrogens with one attached hydrogen (secondary N) is 2. The van der Waals surface area contributed by atoms with Crippen LogP contribution >= 0.6 is 0 Å². The Morgan fingerprint density at radius 1 is 1.08 bits per heavy atom. The van der Waals surface area contributed by atoms with Gasteiger partial charge in [0.2, 0.25) is 11.6 Å². The lowest BCUT2D eigenvalue weighted by atomic mass is 10.0. The summed E-state index contributed by atoms with van der Waals surface area (Å²) in [5, 5.41) is 14.9. The normalized spacial score (nSPS) is 15.7. The number of benzene rings is 1. The number of carbonyl (C=O) groups excluding carboxylic acids is 2. The molecule has 0 heterocycles. The second-order valence-corrected chi connectivity index (χ2v) is 5.98. The van der Waals surface area contributed by atoms with Gasteiger partial charge in [0.25, 0.3) is 0 Å². The van der Waals surface area contributed by atoms with Crippen molar-refractivity contribution in [2.45, 2.75) is 33.2 Å². The maximum atomic E-state index is 12.3. The van der Waals surface area contributed by atoms with Crippen LogP contribution in [0.15, 0.2) is 35.7 Å². The van der Waals surface area contributed by atoms with Crippen molar-refractivity contribution in [2.24, 2.45) is 0 Å². The van der Waals surface area contributed by atoms with Gasteiger partial charge in [-0.25, -0.2) is 0 Å². The van der Waals surface area contributed by atoms with Gasteiger partial charge in [0.15, 0.2) is 0 Å². The second kappa shape index (κ2) is 7.31. The zero-order valence-corrected chi connectivity index (χ0v) is 14.1. The average molecular weight is 329 g/mol. The van der Waals surface area contributed by atoms with Crippen LogP contribution in [-0.2, 0) is 9.59 Å². The Morgan fingerprint density at radius 2 is 1.71 bits per heavy atom. The summed E-state index contributed by atoms with van der Waals surface area (Å²) in [5.74, 6) is -0.547. The molecule has 0 amide bonds. The summed E-state index contributed by atoms with van der Waals surface area (Å²) in [6.07, 6.45) is 3.08. The highest BCUT2D eigenvalue weighted by Gasteiger charge is 2.22. The first-order valence-electron chi connectivity index (χ1n) is 7.85. The number of aliphatic hydroxyl groups excluding tert-OH is 1. The van der Waals surface area contributed by atoms with Gasteiger partial charge in [-0.2, -0.15) is 0 Å². The number of nitrogen functional groups attached to an aromatic ring is 1.